The van der Waals surface area contributed by atoms with Gasteiger partial charge in [0.15, 0.2) is 5.78 Å². The number of amides is 1. The third-order valence-corrected chi connectivity index (χ3v) is 3.26. The summed E-state index contributed by atoms with van der Waals surface area (Å²) in [4.78, 5) is 23.7. The molecule has 0 aliphatic heterocycles. The zero-order chi connectivity index (χ0) is 13.8. The van der Waals surface area contributed by atoms with E-state index < -0.39 is 11.7 Å². The van der Waals surface area contributed by atoms with Crippen molar-refractivity contribution >= 4 is 34.8 Å². The number of Topliss-reactive ketones (excluding diaryl/α,β-unsaturated/α-hetero) is 1. The molecule has 0 fully saturated rings. The van der Waals surface area contributed by atoms with Crippen LogP contribution in [0.15, 0.2) is 11.4 Å². The highest BCUT2D eigenvalue weighted by Crippen LogP contribution is 2.22. The molecule has 6 heteroatoms. The van der Waals surface area contributed by atoms with Crippen molar-refractivity contribution in [3.63, 3.8) is 0 Å². The number of ether oxygens (including phenoxy) is 1. The molecule has 4 nitrogen and oxygen atoms in total. The molecule has 0 atom stereocenters. The fourth-order valence-electron chi connectivity index (χ4n) is 1.18. The van der Waals surface area contributed by atoms with Crippen LogP contribution in [0.2, 0.25) is 5.02 Å². The number of nitrogens with one attached hydrogen (secondary N) is 1. The van der Waals surface area contributed by atoms with Crippen molar-refractivity contribution in [2.45, 2.75) is 32.8 Å². The third-order valence-electron chi connectivity index (χ3n) is 1.88. The fraction of sp³-hybridized carbons (Fsp3) is 0.500. The molecular formula is C12H16ClNO3S. The van der Waals surface area contributed by atoms with Crippen molar-refractivity contribution in [1.29, 1.82) is 0 Å². The van der Waals surface area contributed by atoms with Crippen LogP contribution in [0.1, 0.15) is 25.6 Å². The van der Waals surface area contributed by atoms with Gasteiger partial charge in [0.05, 0.1) is 11.6 Å². The van der Waals surface area contributed by atoms with E-state index in [1.165, 1.54) is 11.3 Å². The van der Waals surface area contributed by atoms with Gasteiger partial charge in [0.25, 0.3) is 0 Å². The van der Waals surface area contributed by atoms with E-state index in [0.717, 1.165) is 4.88 Å². The molecule has 100 valence electrons. The summed E-state index contributed by atoms with van der Waals surface area (Å²) in [5.41, 5.74) is -0.565. The van der Waals surface area contributed by atoms with Gasteiger partial charge in [0, 0.05) is 11.3 Å². The van der Waals surface area contributed by atoms with E-state index in [0.29, 0.717) is 5.02 Å². The van der Waals surface area contributed by atoms with Gasteiger partial charge in [-0.15, -0.1) is 11.3 Å². The second-order valence-electron chi connectivity index (χ2n) is 4.76. The summed E-state index contributed by atoms with van der Waals surface area (Å²) >= 11 is 7.31. The third kappa shape index (κ3) is 5.51. The number of carbonyl (C=O) groups excluding carboxylic acids is 2. The summed E-state index contributed by atoms with van der Waals surface area (Å²) in [6, 6.07) is 1.75. The van der Waals surface area contributed by atoms with Crippen LogP contribution in [0.4, 0.5) is 4.79 Å². The van der Waals surface area contributed by atoms with Gasteiger partial charge in [-0.05, 0) is 32.2 Å². The first-order valence-electron chi connectivity index (χ1n) is 5.48. The van der Waals surface area contributed by atoms with Gasteiger partial charge < -0.3 is 10.1 Å². The molecule has 1 aromatic rings. The summed E-state index contributed by atoms with van der Waals surface area (Å²) in [5, 5.41) is 4.84. The SMILES string of the molecule is CC(C)(C)OC(=O)NCC(=O)Cc1sccc1Cl. The first kappa shape index (κ1) is 15.0. The van der Waals surface area contributed by atoms with Gasteiger partial charge in [-0.25, -0.2) is 4.79 Å². The summed E-state index contributed by atoms with van der Waals surface area (Å²) < 4.78 is 5.02. The van der Waals surface area contributed by atoms with Crippen LogP contribution in [-0.4, -0.2) is 24.0 Å². The Labute approximate surface area is 115 Å². The quantitative estimate of drug-likeness (QED) is 0.927. The van der Waals surface area contributed by atoms with Crippen molar-refractivity contribution in [3.05, 3.63) is 21.3 Å². The molecule has 1 aromatic heterocycles. The van der Waals surface area contributed by atoms with Crippen molar-refractivity contribution in [2.75, 3.05) is 6.54 Å². The minimum absolute atomic E-state index is 0.0524. The number of thiophene rings is 1. The maximum atomic E-state index is 11.6. The van der Waals surface area contributed by atoms with Crippen molar-refractivity contribution in [3.8, 4) is 0 Å². The topological polar surface area (TPSA) is 55.4 Å². The maximum absolute atomic E-state index is 11.6. The van der Waals surface area contributed by atoms with Crippen LogP contribution in [0.3, 0.4) is 0 Å². The maximum Gasteiger partial charge on any atom is 0.408 e. The molecule has 0 unspecified atom stereocenters. The lowest BCUT2D eigenvalue weighted by atomic mass is 10.2. The Morgan fingerprint density at radius 2 is 2.11 bits per heavy atom. The van der Waals surface area contributed by atoms with E-state index >= 15 is 0 Å². The van der Waals surface area contributed by atoms with Gasteiger partial charge in [-0.2, -0.15) is 0 Å². The summed E-state index contributed by atoms with van der Waals surface area (Å²) in [7, 11) is 0. The minimum atomic E-state index is -0.590. The van der Waals surface area contributed by atoms with Gasteiger partial charge in [-0.1, -0.05) is 11.6 Å². The number of alkyl carbamates (subject to hydrolysis) is 1. The van der Waals surface area contributed by atoms with Crippen LogP contribution in [0, 0.1) is 0 Å². The molecule has 1 N–H and O–H groups in total. The molecule has 0 saturated heterocycles. The number of hydrogen-bond donors (Lipinski definition) is 1. The Kier molecular flexibility index (Phi) is 5.16. The summed E-state index contributed by atoms with van der Waals surface area (Å²) in [5.74, 6) is -0.106. The van der Waals surface area contributed by atoms with E-state index in [2.05, 4.69) is 5.32 Å². The fourth-order valence-corrected chi connectivity index (χ4v) is 2.31. The molecule has 1 heterocycles. The molecule has 1 rings (SSSR count). The number of carbonyl (C=O) groups is 2. The lowest BCUT2D eigenvalue weighted by molar-refractivity contribution is -0.117. The van der Waals surface area contributed by atoms with Crippen LogP contribution < -0.4 is 5.32 Å². The average molecular weight is 290 g/mol. The molecule has 0 saturated carbocycles. The Balaban J connectivity index is 2.34. The number of ketones is 1. The smallest absolute Gasteiger partial charge is 0.408 e. The van der Waals surface area contributed by atoms with E-state index in [9.17, 15) is 9.59 Å². The van der Waals surface area contributed by atoms with E-state index in [1.54, 1.807) is 26.8 Å². The highest BCUT2D eigenvalue weighted by Gasteiger charge is 2.17. The number of hydrogen-bond acceptors (Lipinski definition) is 4. The molecule has 0 aromatic carbocycles. The van der Waals surface area contributed by atoms with Crippen LogP contribution in [-0.2, 0) is 16.0 Å². The van der Waals surface area contributed by atoms with Crippen molar-refractivity contribution in [2.24, 2.45) is 0 Å². The zero-order valence-corrected chi connectivity index (χ0v) is 12.2. The largest absolute Gasteiger partial charge is 0.444 e. The Hall–Kier alpha value is -1.07. The molecule has 0 radical (unpaired) electrons. The number of rotatable bonds is 4. The monoisotopic (exact) mass is 289 g/mol. The lowest BCUT2D eigenvalue weighted by Gasteiger charge is -2.19. The van der Waals surface area contributed by atoms with Gasteiger partial charge >= 0.3 is 6.09 Å². The van der Waals surface area contributed by atoms with Crippen LogP contribution in [0.25, 0.3) is 0 Å². The molecule has 0 aliphatic rings. The van der Waals surface area contributed by atoms with Crippen LogP contribution >= 0.6 is 22.9 Å². The first-order valence-corrected chi connectivity index (χ1v) is 6.74. The van der Waals surface area contributed by atoms with Crippen LogP contribution in [0.5, 0.6) is 0 Å². The first-order chi connectivity index (χ1) is 8.28. The molecule has 18 heavy (non-hydrogen) atoms. The van der Waals surface area contributed by atoms with E-state index in [4.69, 9.17) is 16.3 Å². The second kappa shape index (κ2) is 6.20. The Morgan fingerprint density at radius 1 is 1.44 bits per heavy atom. The van der Waals surface area contributed by atoms with Gasteiger partial charge in [0.2, 0.25) is 0 Å². The van der Waals surface area contributed by atoms with Gasteiger partial charge in [-0.3, -0.25) is 4.79 Å². The Morgan fingerprint density at radius 3 is 2.61 bits per heavy atom. The average Bonchev–Trinajstić information content (AvgIpc) is 2.59. The summed E-state index contributed by atoms with van der Waals surface area (Å²) in [6.45, 7) is 5.24. The van der Waals surface area contributed by atoms with E-state index in [-0.39, 0.29) is 18.7 Å². The Bertz CT molecular complexity index is 437. The standard InChI is InChI=1S/C12H16ClNO3S/c1-12(2,3)17-11(16)14-7-8(15)6-10-9(13)4-5-18-10/h4-5H,6-7H2,1-3H3,(H,14,16). The highest BCUT2D eigenvalue weighted by molar-refractivity contribution is 7.10. The zero-order valence-electron chi connectivity index (χ0n) is 10.6. The predicted octanol–water partition coefficient (Wildman–Crippen LogP) is 3.04. The van der Waals surface area contributed by atoms with Crippen molar-refractivity contribution in [1.82, 2.24) is 5.32 Å². The molecule has 1 amide bonds. The summed E-state index contributed by atoms with van der Waals surface area (Å²) in [6.07, 6.45) is -0.361. The van der Waals surface area contributed by atoms with E-state index in [1.807, 2.05) is 5.38 Å². The predicted molar refractivity (Wildman–Crippen MR) is 72.3 cm³/mol. The van der Waals surface area contributed by atoms with Gasteiger partial charge in [0.1, 0.15) is 5.60 Å². The van der Waals surface area contributed by atoms with Crippen molar-refractivity contribution < 1.29 is 14.3 Å². The molecule has 0 spiro atoms. The second-order valence-corrected chi connectivity index (χ2v) is 6.17. The molecule has 0 bridgehead atoms. The normalized spacial score (nSPS) is 11.1. The minimum Gasteiger partial charge on any atom is -0.444 e. The molecular weight excluding hydrogens is 274 g/mol. The number of halogens is 1. The highest BCUT2D eigenvalue weighted by atomic mass is 35.5. The molecule has 0 aliphatic carbocycles. The lowest BCUT2D eigenvalue weighted by Crippen LogP contribution is -2.35.